The minimum atomic E-state index is -0.429. The quantitative estimate of drug-likeness (QED) is 0.0358. The second-order valence-corrected chi connectivity index (χ2v) is 17.8. The molecule has 10 rings (SSSR count). The van der Waals surface area contributed by atoms with Crippen molar-refractivity contribution in [3.05, 3.63) is 301 Å². The van der Waals surface area contributed by atoms with Crippen LogP contribution in [0, 0.1) is 0 Å². The number of carbonyl (C=O) groups excluding carboxylic acids is 4. The first-order chi connectivity index (χ1) is 42.2. The fraction of sp³-hybridized carbons (Fsp3) is 0.111. The molecule has 0 heterocycles. The highest BCUT2D eigenvalue weighted by Gasteiger charge is 2.11. The Hall–Kier alpha value is -11.1. The highest BCUT2D eigenvalue weighted by molar-refractivity contribution is 5.91. The Labute approximate surface area is 500 Å². The van der Waals surface area contributed by atoms with E-state index in [1.165, 1.54) is 0 Å². The zero-order valence-electron chi connectivity index (χ0n) is 47.5. The van der Waals surface area contributed by atoms with Gasteiger partial charge in [0.25, 0.3) is 0 Å². The lowest BCUT2D eigenvalue weighted by molar-refractivity contribution is 0.0265. The van der Waals surface area contributed by atoms with Crippen LogP contribution in [-0.2, 0) is 18.9 Å². The summed E-state index contributed by atoms with van der Waals surface area (Å²) in [5.74, 6) is 6.06. The van der Waals surface area contributed by atoms with Gasteiger partial charge in [-0.25, -0.2) is 19.2 Å². The first-order valence-corrected chi connectivity index (χ1v) is 27.6. The van der Waals surface area contributed by atoms with E-state index in [2.05, 4.69) is 0 Å². The Kier molecular flexibility index (Phi) is 25.9. The minimum Gasteiger partial charge on any atom is -0.490 e. The Morgan fingerprint density at radius 3 is 0.767 bits per heavy atom. The first kappa shape index (κ1) is 62.5. The normalized spacial score (nSPS) is 9.98. The summed E-state index contributed by atoms with van der Waals surface area (Å²) in [6.07, 6.45) is 0. The van der Waals surface area contributed by atoms with Gasteiger partial charge in [-0.2, -0.15) is 0 Å². The number of rotatable bonds is 22. The van der Waals surface area contributed by atoms with Gasteiger partial charge in [-0.15, -0.1) is 0 Å². The van der Waals surface area contributed by atoms with Crippen molar-refractivity contribution in [3.8, 4) is 57.5 Å². The average Bonchev–Trinajstić information content (AvgIpc) is 3.76. The van der Waals surface area contributed by atoms with Crippen molar-refractivity contribution in [2.24, 2.45) is 0 Å². The molecule has 0 fully saturated rings. The van der Waals surface area contributed by atoms with Gasteiger partial charge in [-0.3, -0.25) is 0 Å². The lowest BCUT2D eigenvalue weighted by Gasteiger charge is -2.09. The monoisotopic (exact) mass is 1150 g/mol. The molecule has 0 bridgehead atoms. The molecule has 0 unspecified atom stereocenters. The Balaban J connectivity index is 0.000000165. The summed E-state index contributed by atoms with van der Waals surface area (Å²) < 4.78 is 54.0. The van der Waals surface area contributed by atoms with Crippen molar-refractivity contribution < 1.29 is 66.5 Å². The van der Waals surface area contributed by atoms with Crippen molar-refractivity contribution in [2.45, 2.75) is 13.8 Å². The average molecular weight is 1150 g/mol. The van der Waals surface area contributed by atoms with Gasteiger partial charge in [0.05, 0.1) is 35.5 Å². The highest BCUT2D eigenvalue weighted by atomic mass is 16.6. The Bertz CT molecular complexity index is 3300. The maximum atomic E-state index is 11.6. The van der Waals surface area contributed by atoms with Crippen LogP contribution in [0.3, 0.4) is 0 Å². The molecular formula is C72H64O14. The number of ether oxygens (including phenoxy) is 10. The largest absolute Gasteiger partial charge is 0.490 e. The molecule has 0 amide bonds. The fourth-order valence-electron chi connectivity index (χ4n) is 7.38. The number of esters is 4. The van der Waals surface area contributed by atoms with Crippen LogP contribution in [0.15, 0.2) is 279 Å². The summed E-state index contributed by atoms with van der Waals surface area (Å²) in [6.45, 7) is 4.97. The van der Waals surface area contributed by atoms with Gasteiger partial charge in [0.15, 0.2) is 0 Å². The molecule has 0 saturated carbocycles. The van der Waals surface area contributed by atoms with Crippen LogP contribution in [0.4, 0.5) is 0 Å². The van der Waals surface area contributed by atoms with Crippen molar-refractivity contribution in [1.29, 1.82) is 0 Å². The van der Waals surface area contributed by atoms with Crippen LogP contribution in [0.2, 0.25) is 0 Å². The van der Waals surface area contributed by atoms with Crippen LogP contribution in [0.1, 0.15) is 55.3 Å². The molecule has 0 saturated heterocycles. The van der Waals surface area contributed by atoms with Gasteiger partial charge < -0.3 is 47.4 Å². The summed E-state index contributed by atoms with van der Waals surface area (Å²) in [5, 5.41) is 0. The number of para-hydroxylation sites is 4. The van der Waals surface area contributed by atoms with E-state index in [1.807, 2.05) is 182 Å². The molecule has 436 valence electrons. The zero-order chi connectivity index (χ0) is 60.2. The predicted molar refractivity (Wildman–Crippen MR) is 328 cm³/mol. The molecule has 0 spiro atoms. The third-order valence-electron chi connectivity index (χ3n) is 11.5. The van der Waals surface area contributed by atoms with Crippen LogP contribution < -0.4 is 28.4 Å². The van der Waals surface area contributed by atoms with E-state index in [4.69, 9.17) is 47.4 Å². The number of carbonyl (C=O) groups is 4. The Morgan fingerprint density at radius 1 is 0.233 bits per heavy atom. The van der Waals surface area contributed by atoms with Gasteiger partial charge in [-0.05, 0) is 172 Å². The van der Waals surface area contributed by atoms with E-state index in [0.717, 1.165) is 46.0 Å². The molecule has 0 aromatic heterocycles. The maximum Gasteiger partial charge on any atom is 0.338 e. The molecule has 0 N–H and O–H groups in total. The summed E-state index contributed by atoms with van der Waals surface area (Å²) in [4.78, 5) is 46.3. The van der Waals surface area contributed by atoms with E-state index >= 15 is 0 Å². The molecule has 0 aliphatic heterocycles. The van der Waals surface area contributed by atoms with Crippen molar-refractivity contribution in [1.82, 2.24) is 0 Å². The lowest BCUT2D eigenvalue weighted by Crippen LogP contribution is -2.14. The summed E-state index contributed by atoms with van der Waals surface area (Å²) >= 11 is 0. The van der Waals surface area contributed by atoms with Gasteiger partial charge in [-0.1, -0.05) is 115 Å². The molecule has 0 aliphatic rings. The molecular weight excluding hydrogens is 1090 g/mol. The van der Waals surface area contributed by atoms with Gasteiger partial charge in [0, 0.05) is 6.07 Å². The molecule has 86 heavy (non-hydrogen) atoms. The third-order valence-corrected chi connectivity index (χ3v) is 11.5. The molecule has 0 aliphatic carbocycles. The van der Waals surface area contributed by atoms with Gasteiger partial charge >= 0.3 is 23.9 Å². The molecule has 10 aromatic rings. The van der Waals surface area contributed by atoms with E-state index < -0.39 is 11.9 Å². The highest BCUT2D eigenvalue weighted by Crippen LogP contribution is 2.29. The smallest absolute Gasteiger partial charge is 0.338 e. The second-order valence-electron chi connectivity index (χ2n) is 17.8. The Morgan fingerprint density at radius 2 is 0.465 bits per heavy atom. The minimum absolute atomic E-state index is 0.0340. The maximum absolute atomic E-state index is 11.6. The summed E-state index contributed by atoms with van der Waals surface area (Å²) in [5.41, 5.74) is 1.91. The standard InChI is InChI=1S/C20H22O6.2C18H14O2.C16H14O4/c1-3-23-19(21)15-5-9-17(10-6-15)25-13-14-26-18-11-7-16(8-12-18)20(22)24-4-2;1-3-8-15(9-4-1)19-17-12-7-13-18(14-17)20-16-10-5-2-6-11-16;1-3-7-15(8-4-1)19-17-11-13-18(14-12-17)20-16-9-5-2-6-10-16;17-15(13-7-3-1-4-8-13)19-11-12-20-16(18)14-9-5-2-6-10-14/h5-12H,3-4,13-14H2,1-2H3;2*1-14H;1-10H,11-12H2. The van der Waals surface area contributed by atoms with Crippen molar-refractivity contribution in [2.75, 3.05) is 39.6 Å². The molecule has 0 atom stereocenters. The van der Waals surface area contributed by atoms with Crippen LogP contribution >= 0.6 is 0 Å². The van der Waals surface area contributed by atoms with Crippen molar-refractivity contribution >= 4 is 23.9 Å². The number of benzene rings is 10. The SMILES string of the molecule is CCOC(=O)c1ccc(OCCOc2ccc(C(=O)OCC)cc2)cc1.O=C(OCCOC(=O)c1ccccc1)c1ccccc1.c1ccc(Oc2ccc(Oc3ccccc3)cc2)cc1.c1ccc(Oc2cccc(Oc3ccccc3)c2)cc1. The predicted octanol–water partition coefficient (Wildman–Crippen LogP) is 16.7. The number of hydrogen-bond acceptors (Lipinski definition) is 14. The summed E-state index contributed by atoms with van der Waals surface area (Å²) in [6, 6.07) is 84.7. The molecule has 0 radical (unpaired) electrons. The third kappa shape index (κ3) is 22.7. The van der Waals surface area contributed by atoms with E-state index in [-0.39, 0.29) is 25.2 Å². The molecule has 14 heteroatoms. The topological polar surface area (TPSA) is 161 Å². The molecule has 10 aromatic carbocycles. The molecule has 14 nitrogen and oxygen atoms in total. The van der Waals surface area contributed by atoms with E-state index in [1.54, 1.807) is 111 Å². The number of hydrogen-bond donors (Lipinski definition) is 0. The van der Waals surface area contributed by atoms with Crippen molar-refractivity contribution in [3.63, 3.8) is 0 Å². The fourth-order valence-corrected chi connectivity index (χ4v) is 7.38. The van der Waals surface area contributed by atoms with Crippen LogP contribution in [-0.4, -0.2) is 63.5 Å². The van der Waals surface area contributed by atoms with Gasteiger partial charge in [0.2, 0.25) is 0 Å². The van der Waals surface area contributed by atoms with Crippen LogP contribution in [0.5, 0.6) is 57.5 Å². The first-order valence-electron chi connectivity index (χ1n) is 27.6. The van der Waals surface area contributed by atoms with Gasteiger partial charge in [0.1, 0.15) is 83.9 Å². The van der Waals surface area contributed by atoms with E-state index in [9.17, 15) is 19.2 Å². The second kappa shape index (κ2) is 35.7. The zero-order valence-corrected chi connectivity index (χ0v) is 47.5. The summed E-state index contributed by atoms with van der Waals surface area (Å²) in [7, 11) is 0. The van der Waals surface area contributed by atoms with Crippen LogP contribution in [0.25, 0.3) is 0 Å². The van der Waals surface area contributed by atoms with E-state index in [0.29, 0.717) is 60.2 Å². The lowest BCUT2D eigenvalue weighted by atomic mass is 10.2.